The summed E-state index contributed by atoms with van der Waals surface area (Å²) in [4.78, 5) is 42.7. The van der Waals surface area contributed by atoms with Crippen molar-refractivity contribution in [2.45, 2.75) is 33.7 Å². The molecule has 32 heavy (non-hydrogen) atoms. The van der Waals surface area contributed by atoms with Crippen LogP contribution in [-0.2, 0) is 4.79 Å². The number of carbonyl (C=O) groups is 2. The fraction of sp³-hybridized carbons (Fsp3) is 0.200. The Labute approximate surface area is 189 Å². The van der Waals surface area contributed by atoms with E-state index in [0.29, 0.717) is 21.5 Å². The normalized spacial score (nSPS) is 12.0. The second kappa shape index (κ2) is 8.51. The van der Waals surface area contributed by atoms with E-state index >= 15 is 0 Å². The molecule has 4 aromatic rings. The molecule has 2 heterocycles. The van der Waals surface area contributed by atoms with E-state index in [9.17, 15) is 14.4 Å². The molecule has 162 valence electrons. The first kappa shape index (κ1) is 21.6. The number of ketones is 1. The molecule has 6 nitrogen and oxygen atoms in total. The van der Waals surface area contributed by atoms with Crippen molar-refractivity contribution in [1.29, 1.82) is 0 Å². The van der Waals surface area contributed by atoms with Crippen LogP contribution in [-0.4, -0.2) is 21.2 Å². The highest BCUT2D eigenvalue weighted by atomic mass is 32.1. The predicted octanol–water partition coefficient (Wildman–Crippen LogP) is 5.14. The van der Waals surface area contributed by atoms with Crippen LogP contribution in [0.2, 0.25) is 0 Å². The number of benzene rings is 2. The Morgan fingerprint density at radius 2 is 1.78 bits per heavy atom. The molecule has 1 atom stereocenters. The summed E-state index contributed by atoms with van der Waals surface area (Å²) in [5, 5.41) is 5.26. The van der Waals surface area contributed by atoms with Crippen molar-refractivity contribution in [3.05, 3.63) is 81.2 Å². The number of anilines is 1. The van der Waals surface area contributed by atoms with Crippen molar-refractivity contribution >= 4 is 38.9 Å². The van der Waals surface area contributed by atoms with Crippen LogP contribution >= 0.6 is 11.3 Å². The Hall–Kier alpha value is -3.58. The predicted molar refractivity (Wildman–Crippen MR) is 129 cm³/mol. The topological polar surface area (TPSA) is 81.1 Å². The van der Waals surface area contributed by atoms with Crippen LogP contribution in [0.25, 0.3) is 21.3 Å². The minimum Gasteiger partial charge on any atom is -0.324 e. The fourth-order valence-corrected chi connectivity index (χ4v) is 4.41. The first-order chi connectivity index (χ1) is 15.3. The van der Waals surface area contributed by atoms with Gasteiger partial charge in [0, 0.05) is 22.2 Å². The van der Waals surface area contributed by atoms with E-state index in [1.165, 1.54) is 34.7 Å². The summed E-state index contributed by atoms with van der Waals surface area (Å²) in [6.07, 6.45) is 1.43. The molecule has 0 bridgehead atoms. The van der Waals surface area contributed by atoms with Gasteiger partial charge in [-0.1, -0.05) is 18.2 Å². The van der Waals surface area contributed by atoms with Gasteiger partial charge in [0.1, 0.15) is 10.9 Å². The third-order valence-electron chi connectivity index (χ3n) is 5.69. The van der Waals surface area contributed by atoms with Gasteiger partial charge in [0.25, 0.3) is 5.56 Å². The molecule has 2 aromatic heterocycles. The number of aromatic nitrogens is 2. The number of hydrogen-bond acceptors (Lipinski definition) is 5. The molecule has 1 N–H and O–H groups in total. The first-order valence-corrected chi connectivity index (χ1v) is 11.1. The third kappa shape index (κ3) is 3.99. The standard InChI is InChI=1S/C25H23N3O3S/c1-14-5-6-19(11-15(14)2)21-12-32-24-22(21)25(31)28(13-26-24)16(3)23(30)27-20-9-7-18(8-10-20)17(4)29/h5-13,16H,1-4H3,(H,27,30). The number of hydrogen-bond donors (Lipinski definition) is 1. The van der Waals surface area contributed by atoms with Crippen molar-refractivity contribution in [2.75, 3.05) is 5.32 Å². The summed E-state index contributed by atoms with van der Waals surface area (Å²) in [5.41, 5.74) is 4.99. The van der Waals surface area contributed by atoms with E-state index in [1.54, 1.807) is 31.2 Å². The van der Waals surface area contributed by atoms with Crippen molar-refractivity contribution in [1.82, 2.24) is 9.55 Å². The van der Waals surface area contributed by atoms with Crippen LogP contribution in [0.5, 0.6) is 0 Å². The van der Waals surface area contributed by atoms with Crippen LogP contribution in [0.3, 0.4) is 0 Å². The number of fused-ring (bicyclic) bond motifs is 1. The van der Waals surface area contributed by atoms with Gasteiger partial charge in [-0.15, -0.1) is 11.3 Å². The maximum atomic E-state index is 13.4. The van der Waals surface area contributed by atoms with Crippen molar-refractivity contribution in [3.8, 4) is 11.1 Å². The van der Waals surface area contributed by atoms with E-state index in [4.69, 9.17) is 0 Å². The van der Waals surface area contributed by atoms with E-state index in [2.05, 4.69) is 16.4 Å². The molecule has 0 spiro atoms. The zero-order chi connectivity index (χ0) is 23.0. The molecular weight excluding hydrogens is 422 g/mol. The highest BCUT2D eigenvalue weighted by Crippen LogP contribution is 2.32. The Kier molecular flexibility index (Phi) is 5.76. The highest BCUT2D eigenvalue weighted by molar-refractivity contribution is 7.17. The van der Waals surface area contributed by atoms with Crippen LogP contribution in [0.15, 0.2) is 59.0 Å². The number of nitrogens with zero attached hydrogens (tertiary/aromatic N) is 2. The average molecular weight is 446 g/mol. The van der Waals surface area contributed by atoms with E-state index in [-0.39, 0.29) is 17.2 Å². The lowest BCUT2D eigenvalue weighted by Crippen LogP contribution is -2.31. The minimum atomic E-state index is -0.764. The summed E-state index contributed by atoms with van der Waals surface area (Å²) in [7, 11) is 0. The number of nitrogens with one attached hydrogen (secondary N) is 1. The second-order valence-electron chi connectivity index (χ2n) is 7.88. The molecule has 1 unspecified atom stereocenters. The first-order valence-electron chi connectivity index (χ1n) is 10.2. The second-order valence-corrected chi connectivity index (χ2v) is 8.74. The van der Waals surface area contributed by atoms with E-state index in [0.717, 1.165) is 16.7 Å². The van der Waals surface area contributed by atoms with E-state index in [1.807, 2.05) is 31.4 Å². The molecule has 4 rings (SSSR count). The molecule has 0 fully saturated rings. The summed E-state index contributed by atoms with van der Waals surface area (Å²) in [6, 6.07) is 12.0. The largest absolute Gasteiger partial charge is 0.324 e. The van der Waals surface area contributed by atoms with Gasteiger partial charge in [0.15, 0.2) is 5.78 Å². The monoisotopic (exact) mass is 445 g/mol. The van der Waals surface area contributed by atoms with E-state index < -0.39 is 6.04 Å². The number of carbonyl (C=O) groups excluding carboxylic acids is 2. The minimum absolute atomic E-state index is 0.0440. The molecule has 0 saturated carbocycles. The summed E-state index contributed by atoms with van der Waals surface area (Å²) >= 11 is 1.42. The SMILES string of the molecule is CC(=O)c1ccc(NC(=O)C(C)n2cnc3scc(-c4ccc(C)c(C)c4)c3c2=O)cc1. The maximum Gasteiger partial charge on any atom is 0.263 e. The van der Waals surface area contributed by atoms with Crippen molar-refractivity contribution in [3.63, 3.8) is 0 Å². The average Bonchev–Trinajstić information content (AvgIpc) is 3.21. The summed E-state index contributed by atoms with van der Waals surface area (Å²) in [6.45, 7) is 7.24. The van der Waals surface area contributed by atoms with Gasteiger partial charge in [0.05, 0.1) is 11.7 Å². The van der Waals surface area contributed by atoms with Crippen LogP contribution in [0, 0.1) is 13.8 Å². The Balaban J connectivity index is 1.67. The lowest BCUT2D eigenvalue weighted by Gasteiger charge is -2.15. The molecule has 0 saturated heterocycles. The lowest BCUT2D eigenvalue weighted by molar-refractivity contribution is -0.118. The molecule has 7 heteroatoms. The number of thiophene rings is 1. The van der Waals surface area contributed by atoms with Crippen LogP contribution < -0.4 is 10.9 Å². The Morgan fingerprint density at radius 1 is 1.06 bits per heavy atom. The molecule has 0 aliphatic carbocycles. The lowest BCUT2D eigenvalue weighted by atomic mass is 10.0. The molecule has 0 aliphatic heterocycles. The highest BCUT2D eigenvalue weighted by Gasteiger charge is 2.20. The van der Waals surface area contributed by atoms with Gasteiger partial charge >= 0.3 is 0 Å². The zero-order valence-corrected chi connectivity index (χ0v) is 19.1. The van der Waals surface area contributed by atoms with Crippen molar-refractivity contribution < 1.29 is 9.59 Å². The quantitative estimate of drug-likeness (QED) is 0.431. The van der Waals surface area contributed by atoms with Crippen molar-refractivity contribution in [2.24, 2.45) is 0 Å². The molecule has 0 radical (unpaired) electrons. The number of aryl methyl sites for hydroxylation is 2. The van der Waals surface area contributed by atoms with Gasteiger partial charge in [-0.3, -0.25) is 19.0 Å². The van der Waals surface area contributed by atoms with Crippen LogP contribution in [0.1, 0.15) is 41.4 Å². The fourth-order valence-electron chi connectivity index (χ4n) is 3.50. The van der Waals surface area contributed by atoms with Gasteiger partial charge in [-0.25, -0.2) is 4.98 Å². The molecule has 1 amide bonds. The smallest absolute Gasteiger partial charge is 0.263 e. The number of rotatable bonds is 5. The molecule has 0 aliphatic rings. The molecule has 2 aromatic carbocycles. The number of Topliss-reactive ketones (excluding diaryl/α,β-unsaturated/α-hetero) is 1. The van der Waals surface area contributed by atoms with Gasteiger partial charge in [-0.05, 0) is 68.7 Å². The Bertz CT molecular complexity index is 1400. The summed E-state index contributed by atoms with van der Waals surface area (Å²) < 4.78 is 1.36. The van der Waals surface area contributed by atoms with Crippen LogP contribution in [0.4, 0.5) is 5.69 Å². The Morgan fingerprint density at radius 3 is 2.44 bits per heavy atom. The van der Waals surface area contributed by atoms with Gasteiger partial charge < -0.3 is 5.32 Å². The molecular formula is C25H23N3O3S. The van der Waals surface area contributed by atoms with Gasteiger partial charge in [-0.2, -0.15) is 0 Å². The maximum absolute atomic E-state index is 13.4. The summed E-state index contributed by atoms with van der Waals surface area (Å²) in [5.74, 6) is -0.385. The zero-order valence-electron chi connectivity index (χ0n) is 18.3. The number of amides is 1. The third-order valence-corrected chi connectivity index (χ3v) is 6.58. The van der Waals surface area contributed by atoms with Gasteiger partial charge in [0.2, 0.25) is 5.91 Å².